The van der Waals surface area contributed by atoms with Gasteiger partial charge in [-0.2, -0.15) is 0 Å². The third kappa shape index (κ3) is 3.22. The van der Waals surface area contributed by atoms with Crippen LogP contribution in [0.4, 0.5) is 11.4 Å². The van der Waals surface area contributed by atoms with E-state index < -0.39 is 0 Å². The van der Waals surface area contributed by atoms with Crippen LogP contribution >= 0.6 is 11.6 Å². The molecule has 0 spiro atoms. The molecule has 0 radical (unpaired) electrons. The van der Waals surface area contributed by atoms with Crippen molar-refractivity contribution < 1.29 is 4.79 Å². The molecule has 1 amide bonds. The van der Waals surface area contributed by atoms with Gasteiger partial charge in [0, 0.05) is 23.8 Å². The van der Waals surface area contributed by atoms with E-state index in [-0.39, 0.29) is 5.91 Å². The summed E-state index contributed by atoms with van der Waals surface area (Å²) in [5.41, 5.74) is 3.37. The molecule has 1 aromatic heterocycles. The molecular weight excluding hydrogens is 298 g/mol. The Balaban J connectivity index is 1.74. The Morgan fingerprint density at radius 2 is 2.00 bits per heavy atom. The number of nitrogens with one attached hydrogen (secondary N) is 1. The minimum Gasteiger partial charge on any atom is -0.354 e. The highest BCUT2D eigenvalue weighted by atomic mass is 35.5. The van der Waals surface area contributed by atoms with Crippen LogP contribution in [-0.4, -0.2) is 28.9 Å². The van der Waals surface area contributed by atoms with Crippen molar-refractivity contribution in [1.29, 1.82) is 0 Å². The topological polar surface area (TPSA) is 45.2 Å². The van der Waals surface area contributed by atoms with Crippen LogP contribution in [0.1, 0.15) is 28.9 Å². The molecule has 3 rings (SSSR count). The van der Waals surface area contributed by atoms with Crippen molar-refractivity contribution >= 4 is 28.9 Å². The number of aryl methyl sites for hydroxylation is 1. The van der Waals surface area contributed by atoms with Crippen molar-refractivity contribution in [2.24, 2.45) is 0 Å². The lowest BCUT2D eigenvalue weighted by molar-refractivity contribution is 0.0787. The molecule has 0 unspecified atom stereocenters. The van der Waals surface area contributed by atoms with Crippen LogP contribution in [0.3, 0.4) is 0 Å². The average Bonchev–Trinajstić information content (AvgIpc) is 3.05. The maximum absolute atomic E-state index is 12.2. The second kappa shape index (κ2) is 6.36. The first kappa shape index (κ1) is 14.9. The third-order valence-corrected chi connectivity index (χ3v) is 4.09. The highest BCUT2D eigenvalue weighted by molar-refractivity contribution is 6.30. The number of halogens is 1. The molecule has 1 aliphatic rings. The number of carbonyl (C=O) groups excluding carboxylic acids is 1. The second-order valence-electron chi connectivity index (χ2n) is 5.52. The van der Waals surface area contributed by atoms with Gasteiger partial charge in [-0.05, 0) is 49.6 Å². The third-order valence-electron chi connectivity index (χ3n) is 3.85. The number of rotatable bonds is 3. The Hall–Kier alpha value is -2.07. The molecule has 2 heterocycles. The number of benzene rings is 1. The molecule has 1 aromatic carbocycles. The standard InChI is InChI=1S/C17H18ClN3O/c1-12-4-5-13(18)10-16(12)20-14-6-7-15(19-11-14)17(22)21-8-2-3-9-21/h4-7,10-11,20H,2-3,8-9H2,1H3. The minimum atomic E-state index is 0.0167. The molecule has 4 nitrogen and oxygen atoms in total. The average molecular weight is 316 g/mol. The summed E-state index contributed by atoms with van der Waals surface area (Å²) in [6.07, 6.45) is 3.85. The zero-order valence-electron chi connectivity index (χ0n) is 12.5. The van der Waals surface area contributed by atoms with Crippen LogP contribution in [-0.2, 0) is 0 Å². The van der Waals surface area contributed by atoms with Gasteiger partial charge in [0.1, 0.15) is 5.69 Å². The molecule has 2 aromatic rings. The van der Waals surface area contributed by atoms with Crippen molar-refractivity contribution in [3.05, 3.63) is 52.8 Å². The van der Waals surface area contributed by atoms with Gasteiger partial charge < -0.3 is 10.2 Å². The highest BCUT2D eigenvalue weighted by Crippen LogP contribution is 2.24. The summed E-state index contributed by atoms with van der Waals surface area (Å²) in [5.74, 6) is 0.0167. The maximum atomic E-state index is 12.2. The molecule has 0 bridgehead atoms. The molecule has 0 saturated carbocycles. The highest BCUT2D eigenvalue weighted by Gasteiger charge is 2.20. The van der Waals surface area contributed by atoms with Gasteiger partial charge in [-0.1, -0.05) is 17.7 Å². The van der Waals surface area contributed by atoms with E-state index in [9.17, 15) is 4.79 Å². The van der Waals surface area contributed by atoms with E-state index in [0.29, 0.717) is 10.7 Å². The van der Waals surface area contributed by atoms with Gasteiger partial charge in [0.2, 0.25) is 0 Å². The van der Waals surface area contributed by atoms with E-state index in [1.807, 2.05) is 36.1 Å². The summed E-state index contributed by atoms with van der Waals surface area (Å²) in [6, 6.07) is 9.33. The molecule has 0 atom stereocenters. The van der Waals surface area contributed by atoms with Crippen LogP contribution in [0.25, 0.3) is 0 Å². The fourth-order valence-electron chi connectivity index (χ4n) is 2.56. The minimum absolute atomic E-state index is 0.0167. The molecule has 1 N–H and O–H groups in total. The van der Waals surface area contributed by atoms with Gasteiger partial charge in [0.25, 0.3) is 5.91 Å². The van der Waals surface area contributed by atoms with Crippen LogP contribution in [0.15, 0.2) is 36.5 Å². The Labute approximate surface area is 135 Å². The van der Waals surface area contributed by atoms with E-state index in [1.54, 1.807) is 12.3 Å². The van der Waals surface area contributed by atoms with Crippen LogP contribution < -0.4 is 5.32 Å². The molecule has 1 aliphatic heterocycles. The van der Waals surface area contributed by atoms with E-state index >= 15 is 0 Å². The summed E-state index contributed by atoms with van der Waals surface area (Å²) >= 11 is 6.02. The molecule has 5 heteroatoms. The lowest BCUT2D eigenvalue weighted by atomic mass is 10.2. The van der Waals surface area contributed by atoms with Crippen molar-refractivity contribution in [1.82, 2.24) is 9.88 Å². The maximum Gasteiger partial charge on any atom is 0.272 e. The van der Waals surface area contributed by atoms with E-state index in [2.05, 4.69) is 10.3 Å². The predicted molar refractivity (Wildman–Crippen MR) is 88.8 cm³/mol. The van der Waals surface area contributed by atoms with Gasteiger partial charge >= 0.3 is 0 Å². The number of likely N-dealkylation sites (tertiary alicyclic amines) is 1. The first-order valence-electron chi connectivity index (χ1n) is 7.42. The SMILES string of the molecule is Cc1ccc(Cl)cc1Nc1ccc(C(=O)N2CCCC2)nc1. The monoisotopic (exact) mass is 315 g/mol. The fraction of sp³-hybridized carbons (Fsp3) is 0.294. The number of hydrogen-bond acceptors (Lipinski definition) is 3. The molecule has 0 aliphatic carbocycles. The number of pyridine rings is 1. The summed E-state index contributed by atoms with van der Waals surface area (Å²) in [6.45, 7) is 3.68. The normalized spacial score (nSPS) is 14.2. The van der Waals surface area contributed by atoms with Crippen molar-refractivity contribution in [2.75, 3.05) is 18.4 Å². The van der Waals surface area contributed by atoms with Crippen LogP contribution in [0, 0.1) is 6.92 Å². The molecule has 114 valence electrons. The molecule has 22 heavy (non-hydrogen) atoms. The Bertz CT molecular complexity index is 679. The van der Waals surface area contributed by atoms with Gasteiger partial charge in [-0.15, -0.1) is 0 Å². The zero-order valence-corrected chi connectivity index (χ0v) is 13.2. The lowest BCUT2D eigenvalue weighted by Crippen LogP contribution is -2.28. The molecule has 1 saturated heterocycles. The Kier molecular flexibility index (Phi) is 4.29. The first-order valence-corrected chi connectivity index (χ1v) is 7.80. The Morgan fingerprint density at radius 1 is 1.23 bits per heavy atom. The summed E-state index contributed by atoms with van der Waals surface area (Å²) in [5, 5.41) is 3.96. The fourth-order valence-corrected chi connectivity index (χ4v) is 2.73. The van der Waals surface area contributed by atoms with Crippen molar-refractivity contribution in [3.8, 4) is 0 Å². The number of anilines is 2. The lowest BCUT2D eigenvalue weighted by Gasteiger charge is -2.15. The first-order chi connectivity index (χ1) is 10.6. The van der Waals surface area contributed by atoms with Gasteiger partial charge in [0.05, 0.1) is 11.9 Å². The van der Waals surface area contributed by atoms with Crippen molar-refractivity contribution in [3.63, 3.8) is 0 Å². The van der Waals surface area contributed by atoms with Gasteiger partial charge in [0.15, 0.2) is 0 Å². The van der Waals surface area contributed by atoms with Gasteiger partial charge in [-0.25, -0.2) is 4.98 Å². The predicted octanol–water partition coefficient (Wildman–Crippen LogP) is 4.02. The zero-order chi connectivity index (χ0) is 15.5. The summed E-state index contributed by atoms with van der Waals surface area (Å²) in [4.78, 5) is 18.4. The second-order valence-corrected chi connectivity index (χ2v) is 5.95. The number of hydrogen-bond donors (Lipinski definition) is 1. The molecular formula is C17H18ClN3O. The largest absolute Gasteiger partial charge is 0.354 e. The quantitative estimate of drug-likeness (QED) is 0.930. The number of amides is 1. The smallest absolute Gasteiger partial charge is 0.272 e. The number of aromatic nitrogens is 1. The number of nitrogens with zero attached hydrogens (tertiary/aromatic N) is 2. The summed E-state index contributed by atoms with van der Waals surface area (Å²) in [7, 11) is 0. The van der Waals surface area contributed by atoms with Crippen LogP contribution in [0.2, 0.25) is 5.02 Å². The Morgan fingerprint density at radius 3 is 2.68 bits per heavy atom. The van der Waals surface area contributed by atoms with E-state index in [4.69, 9.17) is 11.6 Å². The van der Waals surface area contributed by atoms with Crippen LogP contribution in [0.5, 0.6) is 0 Å². The van der Waals surface area contributed by atoms with Gasteiger partial charge in [-0.3, -0.25) is 4.79 Å². The van der Waals surface area contributed by atoms with Crippen molar-refractivity contribution in [2.45, 2.75) is 19.8 Å². The van der Waals surface area contributed by atoms with E-state index in [0.717, 1.165) is 42.9 Å². The molecule has 1 fully saturated rings. The summed E-state index contributed by atoms with van der Waals surface area (Å²) < 4.78 is 0. The van der Waals surface area contributed by atoms with E-state index in [1.165, 1.54) is 0 Å². The number of carbonyl (C=O) groups is 1.